The highest BCUT2D eigenvalue weighted by Gasteiger charge is 2.53. The normalized spacial score (nSPS) is 22.9. The summed E-state index contributed by atoms with van der Waals surface area (Å²) in [6.45, 7) is 3.76. The molecule has 1 saturated heterocycles. The van der Waals surface area contributed by atoms with Gasteiger partial charge < -0.3 is 10.6 Å². The fraction of sp³-hybridized carbons (Fsp3) is 0.588. The Bertz CT molecular complexity index is 514. The minimum Gasteiger partial charge on any atom is -0.342 e. The summed E-state index contributed by atoms with van der Waals surface area (Å²) in [6, 6.07) is 8.00. The highest BCUT2D eigenvalue weighted by molar-refractivity contribution is 6.30. The van der Waals surface area contributed by atoms with Crippen LogP contribution in [-0.2, 0) is 10.2 Å². The smallest absolute Gasteiger partial charge is 0.233 e. The number of amides is 1. The van der Waals surface area contributed by atoms with Gasteiger partial charge >= 0.3 is 0 Å². The summed E-state index contributed by atoms with van der Waals surface area (Å²) < 4.78 is 0. The van der Waals surface area contributed by atoms with E-state index in [2.05, 4.69) is 6.92 Å². The quantitative estimate of drug-likeness (QED) is 0.933. The molecule has 0 aromatic heterocycles. The molecule has 4 heteroatoms. The van der Waals surface area contributed by atoms with E-state index in [0.717, 1.165) is 49.4 Å². The molecule has 0 radical (unpaired) electrons. The Morgan fingerprint density at radius 3 is 2.33 bits per heavy atom. The third kappa shape index (κ3) is 2.82. The molecule has 1 saturated carbocycles. The molecule has 114 valence electrons. The molecule has 3 rings (SSSR count). The second kappa shape index (κ2) is 5.62. The fourth-order valence-electron chi connectivity index (χ4n) is 3.45. The lowest BCUT2D eigenvalue weighted by Crippen LogP contribution is -2.46. The molecule has 2 fully saturated rings. The van der Waals surface area contributed by atoms with Crippen LogP contribution in [-0.4, -0.2) is 29.9 Å². The zero-order valence-corrected chi connectivity index (χ0v) is 13.3. The lowest BCUT2D eigenvalue weighted by molar-refractivity contribution is -0.135. The van der Waals surface area contributed by atoms with Crippen LogP contribution in [0.2, 0.25) is 5.02 Å². The number of piperidine rings is 1. The third-order valence-electron chi connectivity index (χ3n) is 5.13. The maximum Gasteiger partial charge on any atom is 0.233 e. The first kappa shape index (κ1) is 14.9. The van der Waals surface area contributed by atoms with Gasteiger partial charge in [0, 0.05) is 24.2 Å². The maximum atomic E-state index is 12.9. The molecule has 0 spiro atoms. The summed E-state index contributed by atoms with van der Waals surface area (Å²) in [4.78, 5) is 14.9. The van der Waals surface area contributed by atoms with Crippen molar-refractivity contribution in [3.63, 3.8) is 0 Å². The Morgan fingerprint density at radius 2 is 1.86 bits per heavy atom. The lowest BCUT2D eigenvalue weighted by atomic mass is 9.88. The molecule has 0 bridgehead atoms. The number of likely N-dealkylation sites (tertiary alicyclic amines) is 1. The van der Waals surface area contributed by atoms with Crippen molar-refractivity contribution >= 4 is 17.5 Å². The van der Waals surface area contributed by atoms with Gasteiger partial charge in [-0.05, 0) is 56.2 Å². The van der Waals surface area contributed by atoms with E-state index >= 15 is 0 Å². The van der Waals surface area contributed by atoms with Crippen LogP contribution in [0.5, 0.6) is 0 Å². The molecule has 1 aliphatic heterocycles. The average Bonchev–Trinajstić information content (AvgIpc) is 3.29. The van der Waals surface area contributed by atoms with E-state index in [9.17, 15) is 4.79 Å². The number of carbonyl (C=O) groups excluding carboxylic acids is 1. The van der Waals surface area contributed by atoms with Crippen LogP contribution in [0.1, 0.15) is 38.2 Å². The Balaban J connectivity index is 1.70. The largest absolute Gasteiger partial charge is 0.342 e. The van der Waals surface area contributed by atoms with Crippen LogP contribution >= 0.6 is 11.6 Å². The van der Waals surface area contributed by atoms with E-state index in [0.29, 0.717) is 11.8 Å². The molecule has 1 aliphatic carbocycles. The van der Waals surface area contributed by atoms with Crippen molar-refractivity contribution in [2.75, 3.05) is 13.1 Å². The van der Waals surface area contributed by atoms with Crippen LogP contribution in [0.4, 0.5) is 0 Å². The molecular weight excluding hydrogens is 284 g/mol. The predicted molar refractivity (Wildman–Crippen MR) is 85.3 cm³/mol. The number of nitrogens with zero attached hydrogens (tertiary/aromatic N) is 1. The molecule has 1 heterocycles. The van der Waals surface area contributed by atoms with E-state index in [-0.39, 0.29) is 11.5 Å². The van der Waals surface area contributed by atoms with Gasteiger partial charge in [-0.15, -0.1) is 0 Å². The average molecular weight is 307 g/mol. The van der Waals surface area contributed by atoms with Crippen molar-refractivity contribution in [2.45, 2.75) is 44.1 Å². The van der Waals surface area contributed by atoms with E-state index in [1.165, 1.54) is 0 Å². The van der Waals surface area contributed by atoms with Crippen LogP contribution in [0, 0.1) is 5.92 Å². The van der Waals surface area contributed by atoms with Gasteiger partial charge in [0.25, 0.3) is 0 Å². The summed E-state index contributed by atoms with van der Waals surface area (Å²) in [5.74, 6) is 0.854. The van der Waals surface area contributed by atoms with Gasteiger partial charge in [-0.2, -0.15) is 0 Å². The first-order valence-electron chi connectivity index (χ1n) is 7.84. The monoisotopic (exact) mass is 306 g/mol. The zero-order chi connectivity index (χ0) is 15.0. The Labute approximate surface area is 131 Å². The van der Waals surface area contributed by atoms with E-state index in [1.807, 2.05) is 29.2 Å². The van der Waals surface area contributed by atoms with Crippen LogP contribution in [0.25, 0.3) is 0 Å². The van der Waals surface area contributed by atoms with Gasteiger partial charge in [0.15, 0.2) is 0 Å². The lowest BCUT2D eigenvalue weighted by Gasteiger charge is -2.36. The summed E-state index contributed by atoms with van der Waals surface area (Å²) in [5.41, 5.74) is 6.82. The number of rotatable bonds is 3. The predicted octanol–water partition coefficient (Wildman–Crippen LogP) is 2.96. The van der Waals surface area contributed by atoms with Crippen molar-refractivity contribution in [2.24, 2.45) is 11.7 Å². The third-order valence-corrected chi connectivity index (χ3v) is 5.38. The number of halogens is 1. The fourth-order valence-corrected chi connectivity index (χ4v) is 3.58. The summed E-state index contributed by atoms with van der Waals surface area (Å²) in [6.07, 6.45) is 3.97. The molecule has 1 atom stereocenters. The first-order valence-corrected chi connectivity index (χ1v) is 8.22. The summed E-state index contributed by atoms with van der Waals surface area (Å²) >= 11 is 5.95. The Hall–Kier alpha value is -1.06. The van der Waals surface area contributed by atoms with E-state index in [1.54, 1.807) is 0 Å². The Morgan fingerprint density at radius 1 is 1.29 bits per heavy atom. The molecule has 1 aromatic carbocycles. The van der Waals surface area contributed by atoms with Gasteiger partial charge in [0.2, 0.25) is 5.91 Å². The van der Waals surface area contributed by atoms with Crippen molar-refractivity contribution in [3.8, 4) is 0 Å². The van der Waals surface area contributed by atoms with Crippen molar-refractivity contribution in [1.29, 1.82) is 0 Å². The maximum absolute atomic E-state index is 12.9. The zero-order valence-electron chi connectivity index (χ0n) is 12.5. The van der Waals surface area contributed by atoms with Crippen LogP contribution in [0.15, 0.2) is 24.3 Å². The molecule has 1 aromatic rings. The molecule has 3 nitrogen and oxygen atoms in total. The molecular formula is C17H23ClN2O. The second-order valence-electron chi connectivity index (χ2n) is 6.58. The molecule has 2 N–H and O–H groups in total. The summed E-state index contributed by atoms with van der Waals surface area (Å²) in [5, 5.41) is 0.722. The van der Waals surface area contributed by atoms with Crippen LogP contribution < -0.4 is 5.73 Å². The first-order chi connectivity index (χ1) is 10.0. The molecule has 1 amide bonds. The van der Waals surface area contributed by atoms with Gasteiger partial charge in [-0.3, -0.25) is 4.79 Å². The summed E-state index contributed by atoms with van der Waals surface area (Å²) in [7, 11) is 0. The molecule has 1 unspecified atom stereocenters. The van der Waals surface area contributed by atoms with Crippen molar-refractivity contribution < 1.29 is 4.79 Å². The van der Waals surface area contributed by atoms with Crippen molar-refractivity contribution in [3.05, 3.63) is 34.9 Å². The number of hydrogen-bond acceptors (Lipinski definition) is 2. The number of nitrogens with two attached hydrogens (primary N) is 1. The van der Waals surface area contributed by atoms with Gasteiger partial charge in [-0.25, -0.2) is 0 Å². The van der Waals surface area contributed by atoms with E-state index in [4.69, 9.17) is 17.3 Å². The molecule has 2 aliphatic rings. The standard InChI is InChI=1S/C17H23ClN2O/c1-12(19)13-6-10-20(11-7-13)16(21)17(8-9-17)14-2-4-15(18)5-3-14/h2-5,12-13H,6-11,19H2,1H3. The number of carbonyl (C=O) groups is 1. The van der Waals surface area contributed by atoms with Gasteiger partial charge in [0.1, 0.15) is 0 Å². The topological polar surface area (TPSA) is 46.3 Å². The van der Waals surface area contributed by atoms with Crippen LogP contribution in [0.3, 0.4) is 0 Å². The van der Waals surface area contributed by atoms with Gasteiger partial charge in [-0.1, -0.05) is 23.7 Å². The molecule has 21 heavy (non-hydrogen) atoms. The van der Waals surface area contributed by atoms with Gasteiger partial charge in [0.05, 0.1) is 5.41 Å². The van der Waals surface area contributed by atoms with E-state index < -0.39 is 0 Å². The highest BCUT2D eigenvalue weighted by Crippen LogP contribution is 2.50. The van der Waals surface area contributed by atoms with Crippen molar-refractivity contribution in [1.82, 2.24) is 4.90 Å². The minimum absolute atomic E-state index is 0.230. The Kier molecular flexibility index (Phi) is 3.98. The number of hydrogen-bond donors (Lipinski definition) is 1. The number of benzene rings is 1. The highest BCUT2D eigenvalue weighted by atomic mass is 35.5. The SMILES string of the molecule is CC(N)C1CCN(C(=O)C2(c3ccc(Cl)cc3)CC2)CC1. The minimum atomic E-state index is -0.272. The second-order valence-corrected chi connectivity index (χ2v) is 7.01.